The van der Waals surface area contributed by atoms with Gasteiger partial charge in [0.2, 0.25) is 5.91 Å². The number of aliphatic hydroxyl groups excluding tert-OH is 2. The summed E-state index contributed by atoms with van der Waals surface area (Å²) in [6.45, 7) is 6.49. The van der Waals surface area contributed by atoms with Gasteiger partial charge in [0.15, 0.2) is 0 Å². The molecule has 60 heavy (non-hydrogen) atoms. The van der Waals surface area contributed by atoms with E-state index < -0.39 is 18.2 Å². The molecule has 6 nitrogen and oxygen atoms in total. The van der Waals surface area contributed by atoms with Crippen molar-refractivity contribution in [1.29, 1.82) is 0 Å². The molecule has 1 amide bonds. The molecule has 3 N–H and O–H groups in total. The molecule has 0 radical (unpaired) electrons. The summed E-state index contributed by atoms with van der Waals surface area (Å²) in [6, 6.07) is -0.696. The Hall–Kier alpha value is -1.40. The van der Waals surface area contributed by atoms with Crippen molar-refractivity contribution in [2.45, 2.75) is 315 Å². The molecule has 0 rings (SSSR count). The van der Waals surface area contributed by atoms with Crippen molar-refractivity contribution < 1.29 is 24.5 Å². The van der Waals surface area contributed by atoms with Crippen LogP contribution >= 0.6 is 0 Å². The van der Waals surface area contributed by atoms with E-state index in [0.717, 1.165) is 51.4 Å². The number of carbonyl (C=O) groups excluding carboxylic acids is 2. The number of nitrogens with one attached hydrogen (secondary N) is 1. The maximum Gasteiger partial charge on any atom is 0.306 e. The maximum atomic E-state index is 13.2. The van der Waals surface area contributed by atoms with Gasteiger partial charge in [0.05, 0.1) is 25.2 Å². The molecule has 3 atom stereocenters. The van der Waals surface area contributed by atoms with Gasteiger partial charge >= 0.3 is 5.97 Å². The van der Waals surface area contributed by atoms with Crippen molar-refractivity contribution in [1.82, 2.24) is 5.32 Å². The lowest BCUT2D eigenvalue weighted by Gasteiger charge is -2.24. The highest BCUT2D eigenvalue weighted by molar-refractivity contribution is 5.77. The molecule has 0 bridgehead atoms. The number of aliphatic hydroxyl groups is 2. The summed E-state index contributed by atoms with van der Waals surface area (Å²) in [7, 11) is 0. The zero-order chi connectivity index (χ0) is 43.8. The minimum Gasteiger partial charge on any atom is -0.462 e. The first-order valence-corrected chi connectivity index (χ1v) is 26.9. The molecule has 0 saturated heterocycles. The molecule has 3 unspecified atom stereocenters. The number of unbranched alkanes of at least 4 members (excludes halogenated alkanes) is 35. The molecule has 0 aromatic carbocycles. The van der Waals surface area contributed by atoms with Gasteiger partial charge in [-0.25, -0.2) is 0 Å². The molecule has 0 heterocycles. The van der Waals surface area contributed by atoms with E-state index in [1.54, 1.807) is 0 Å². The van der Waals surface area contributed by atoms with Crippen LogP contribution in [0.3, 0.4) is 0 Å². The SMILES string of the molecule is CCCCC/C=C\CCCCCCCC(=O)OC(CCCCCCCCCCCCCC)CC(=O)NC(CO)C(O)CCCCCCCCCCCCCCCCCCC. The number of esters is 1. The fraction of sp³-hybridized carbons (Fsp3) is 0.926. The van der Waals surface area contributed by atoms with Gasteiger partial charge in [-0.15, -0.1) is 0 Å². The van der Waals surface area contributed by atoms with Gasteiger partial charge in [0.1, 0.15) is 6.10 Å². The number of amides is 1. The van der Waals surface area contributed by atoms with E-state index in [2.05, 4.69) is 38.2 Å². The van der Waals surface area contributed by atoms with Crippen molar-refractivity contribution in [2.75, 3.05) is 6.61 Å². The van der Waals surface area contributed by atoms with Crippen LogP contribution in [0.1, 0.15) is 297 Å². The van der Waals surface area contributed by atoms with Crippen LogP contribution < -0.4 is 5.32 Å². The molecular formula is C54H105NO5. The zero-order valence-corrected chi connectivity index (χ0v) is 40.6. The third-order valence-electron chi connectivity index (χ3n) is 12.6. The van der Waals surface area contributed by atoms with E-state index in [4.69, 9.17) is 4.74 Å². The maximum absolute atomic E-state index is 13.2. The third-order valence-corrected chi connectivity index (χ3v) is 12.6. The zero-order valence-electron chi connectivity index (χ0n) is 40.6. The third kappa shape index (κ3) is 43.3. The largest absolute Gasteiger partial charge is 0.462 e. The highest BCUT2D eigenvalue weighted by atomic mass is 16.5. The lowest BCUT2D eigenvalue weighted by atomic mass is 10.0. The van der Waals surface area contributed by atoms with Crippen LogP contribution in [0.2, 0.25) is 0 Å². The monoisotopic (exact) mass is 848 g/mol. The molecule has 6 heteroatoms. The second-order valence-electron chi connectivity index (χ2n) is 18.6. The quantitative estimate of drug-likeness (QED) is 0.0322. The van der Waals surface area contributed by atoms with Crippen molar-refractivity contribution in [2.24, 2.45) is 0 Å². The smallest absolute Gasteiger partial charge is 0.306 e. The number of carbonyl (C=O) groups is 2. The van der Waals surface area contributed by atoms with Crippen molar-refractivity contribution >= 4 is 11.9 Å². The minimum absolute atomic E-state index is 0.0814. The Morgan fingerprint density at radius 2 is 0.800 bits per heavy atom. The van der Waals surface area contributed by atoms with Crippen molar-refractivity contribution in [3.8, 4) is 0 Å². The summed E-state index contributed by atoms with van der Waals surface area (Å²) in [5.74, 6) is -0.467. The molecule has 0 saturated carbocycles. The Morgan fingerprint density at radius 3 is 1.22 bits per heavy atom. The molecule has 0 aliphatic heterocycles. The van der Waals surface area contributed by atoms with Gasteiger partial charge < -0.3 is 20.3 Å². The summed E-state index contributed by atoms with van der Waals surface area (Å²) in [6.07, 6.45) is 54.1. The number of ether oxygens (including phenoxy) is 1. The van der Waals surface area contributed by atoms with Gasteiger partial charge in [0.25, 0.3) is 0 Å². The first-order chi connectivity index (χ1) is 29.5. The van der Waals surface area contributed by atoms with Gasteiger partial charge in [0, 0.05) is 6.42 Å². The second kappa shape index (κ2) is 48.6. The highest BCUT2D eigenvalue weighted by Gasteiger charge is 2.24. The fourth-order valence-electron chi connectivity index (χ4n) is 8.49. The Balaban J connectivity index is 4.45. The normalized spacial score (nSPS) is 13.2. The Bertz CT molecular complexity index is 909. The number of allylic oxidation sites excluding steroid dienone is 2. The van der Waals surface area contributed by atoms with Crippen LogP contribution in [0, 0.1) is 0 Å². The topological polar surface area (TPSA) is 95.9 Å². The molecule has 0 aliphatic rings. The summed E-state index contributed by atoms with van der Waals surface area (Å²) in [4.78, 5) is 26.1. The lowest BCUT2D eigenvalue weighted by molar-refractivity contribution is -0.151. The fourth-order valence-corrected chi connectivity index (χ4v) is 8.49. The standard InChI is InChI=1S/C54H105NO5/c1-4-7-10-13-16-19-22-25-26-27-28-29-31-34-37-40-43-46-52(57)51(49-56)55-53(58)48-50(45-42-39-36-33-30-23-20-17-14-11-8-5-2)60-54(59)47-44-41-38-35-32-24-21-18-15-12-9-6-3/h18,21,50-52,56-57H,4-17,19-20,22-49H2,1-3H3,(H,55,58)/b21-18-. The predicted molar refractivity (Wildman–Crippen MR) is 260 cm³/mol. The summed E-state index contributed by atoms with van der Waals surface area (Å²) >= 11 is 0. The first-order valence-electron chi connectivity index (χ1n) is 26.9. The minimum atomic E-state index is -0.783. The first kappa shape index (κ1) is 58.6. The molecule has 356 valence electrons. The van der Waals surface area contributed by atoms with Crippen LogP contribution in [0.15, 0.2) is 12.2 Å². The molecule has 0 fully saturated rings. The van der Waals surface area contributed by atoms with E-state index in [9.17, 15) is 19.8 Å². The van der Waals surface area contributed by atoms with Crippen LogP contribution in [-0.4, -0.2) is 46.9 Å². The highest BCUT2D eigenvalue weighted by Crippen LogP contribution is 2.19. The van der Waals surface area contributed by atoms with Crippen LogP contribution in [-0.2, 0) is 14.3 Å². The van der Waals surface area contributed by atoms with Crippen molar-refractivity contribution in [3.63, 3.8) is 0 Å². The van der Waals surface area contributed by atoms with Crippen molar-refractivity contribution in [3.05, 3.63) is 12.2 Å². The van der Waals surface area contributed by atoms with Crippen LogP contribution in [0.25, 0.3) is 0 Å². The van der Waals surface area contributed by atoms with E-state index >= 15 is 0 Å². The van der Waals surface area contributed by atoms with Gasteiger partial charge in [-0.3, -0.25) is 9.59 Å². The summed E-state index contributed by atoms with van der Waals surface area (Å²) in [5, 5.41) is 23.8. The summed E-state index contributed by atoms with van der Waals surface area (Å²) in [5.41, 5.74) is 0. The Labute approximate surface area is 374 Å². The van der Waals surface area contributed by atoms with E-state index in [-0.39, 0.29) is 24.9 Å². The predicted octanol–water partition coefficient (Wildman–Crippen LogP) is 16.1. The lowest BCUT2D eigenvalue weighted by Crippen LogP contribution is -2.46. The Kier molecular flexibility index (Phi) is 47.5. The molecular weight excluding hydrogens is 743 g/mol. The molecule has 0 aromatic heterocycles. The average Bonchev–Trinajstić information content (AvgIpc) is 3.24. The van der Waals surface area contributed by atoms with Crippen LogP contribution in [0.5, 0.6) is 0 Å². The molecule has 0 aliphatic carbocycles. The Morgan fingerprint density at radius 1 is 0.467 bits per heavy atom. The number of rotatable bonds is 49. The number of hydrogen-bond donors (Lipinski definition) is 3. The number of hydrogen-bond acceptors (Lipinski definition) is 5. The van der Waals surface area contributed by atoms with Gasteiger partial charge in [-0.05, 0) is 51.4 Å². The average molecular weight is 848 g/mol. The van der Waals surface area contributed by atoms with Crippen LogP contribution in [0.4, 0.5) is 0 Å². The van der Waals surface area contributed by atoms with Gasteiger partial charge in [-0.1, -0.05) is 245 Å². The van der Waals surface area contributed by atoms with E-state index in [1.807, 2.05) is 0 Å². The second-order valence-corrected chi connectivity index (χ2v) is 18.6. The molecule has 0 aromatic rings. The van der Waals surface area contributed by atoms with E-state index in [0.29, 0.717) is 19.3 Å². The molecule has 0 spiro atoms. The van der Waals surface area contributed by atoms with E-state index in [1.165, 1.54) is 199 Å². The summed E-state index contributed by atoms with van der Waals surface area (Å²) < 4.78 is 5.93. The van der Waals surface area contributed by atoms with Gasteiger partial charge in [-0.2, -0.15) is 0 Å².